The van der Waals surface area contributed by atoms with E-state index in [1.54, 1.807) is 0 Å². The number of benzene rings is 1. The lowest BCUT2D eigenvalue weighted by Crippen LogP contribution is -2.41. The fourth-order valence-electron chi connectivity index (χ4n) is 5.19. The Morgan fingerprint density at radius 1 is 0.828 bits per heavy atom. The molecule has 0 amide bonds. The molecule has 3 aromatic rings. The molecule has 0 spiro atoms. The van der Waals surface area contributed by atoms with E-state index in [-0.39, 0.29) is 0 Å². The van der Waals surface area contributed by atoms with Crippen LogP contribution in [0.25, 0.3) is 22.3 Å². The Balaban J connectivity index is 1.29. The molecule has 2 aromatic heterocycles. The first-order valence-electron chi connectivity index (χ1n) is 11.3. The van der Waals surface area contributed by atoms with Gasteiger partial charge in [0.1, 0.15) is 11.6 Å². The number of nitrogens with zero attached hydrogens (tertiary/aromatic N) is 5. The van der Waals surface area contributed by atoms with Crippen molar-refractivity contribution in [2.45, 2.75) is 51.1 Å². The molecule has 1 aromatic carbocycles. The van der Waals surface area contributed by atoms with Crippen LogP contribution in [-0.4, -0.2) is 51.7 Å². The third-order valence-corrected chi connectivity index (χ3v) is 7.11. The summed E-state index contributed by atoms with van der Waals surface area (Å²) in [6.45, 7) is 5.62. The van der Waals surface area contributed by atoms with Crippen LogP contribution in [0.1, 0.15) is 37.9 Å². The SMILES string of the molecule is c1cc(-c2ccc3c(c2)nc2n3CCN(C3CCC3)CC2)nc(N2CCCC2)c1. The molecule has 1 saturated carbocycles. The number of imidazole rings is 1. The first-order valence-corrected chi connectivity index (χ1v) is 11.3. The van der Waals surface area contributed by atoms with Crippen molar-refractivity contribution in [2.75, 3.05) is 31.1 Å². The van der Waals surface area contributed by atoms with E-state index in [0.29, 0.717) is 0 Å². The number of aromatic nitrogens is 3. The molecule has 0 radical (unpaired) electrons. The highest BCUT2D eigenvalue weighted by Gasteiger charge is 2.27. The topological polar surface area (TPSA) is 37.2 Å². The molecule has 2 fully saturated rings. The van der Waals surface area contributed by atoms with Crippen molar-refractivity contribution < 1.29 is 0 Å². The maximum absolute atomic E-state index is 5.04. The van der Waals surface area contributed by atoms with Gasteiger partial charge in [-0.2, -0.15) is 0 Å². The molecule has 0 N–H and O–H groups in total. The molecule has 150 valence electrons. The van der Waals surface area contributed by atoms with E-state index in [9.17, 15) is 0 Å². The van der Waals surface area contributed by atoms with Crippen LogP contribution in [0.2, 0.25) is 0 Å². The van der Waals surface area contributed by atoms with Gasteiger partial charge in [0, 0.05) is 50.7 Å². The summed E-state index contributed by atoms with van der Waals surface area (Å²) in [6, 6.07) is 13.9. The van der Waals surface area contributed by atoms with Crippen molar-refractivity contribution in [3.05, 3.63) is 42.2 Å². The molecule has 0 unspecified atom stereocenters. The summed E-state index contributed by atoms with van der Waals surface area (Å²) in [7, 11) is 0. The molecule has 1 saturated heterocycles. The summed E-state index contributed by atoms with van der Waals surface area (Å²) in [5.41, 5.74) is 4.61. The standard InChI is InChI=1S/C24H29N5/c1-2-13-28(12-1)23-8-4-7-20(25-23)18-9-10-22-21(17-18)26-24-11-14-27(15-16-29(22)24)19-5-3-6-19/h4,7-10,17,19H,1-3,5-6,11-16H2. The number of hydrogen-bond donors (Lipinski definition) is 0. The van der Waals surface area contributed by atoms with Gasteiger partial charge in [-0.1, -0.05) is 18.6 Å². The number of pyridine rings is 1. The minimum atomic E-state index is 0.825. The molecule has 0 bridgehead atoms. The average molecular weight is 388 g/mol. The molecule has 0 atom stereocenters. The van der Waals surface area contributed by atoms with Crippen molar-refractivity contribution >= 4 is 16.9 Å². The first-order chi connectivity index (χ1) is 14.3. The second-order valence-corrected chi connectivity index (χ2v) is 8.83. The smallest absolute Gasteiger partial charge is 0.129 e. The molecular formula is C24H29N5. The lowest BCUT2D eigenvalue weighted by molar-refractivity contribution is 0.130. The molecule has 6 rings (SSSR count). The lowest BCUT2D eigenvalue weighted by Gasteiger charge is -2.36. The highest BCUT2D eigenvalue weighted by molar-refractivity contribution is 5.82. The van der Waals surface area contributed by atoms with Crippen molar-refractivity contribution in [3.8, 4) is 11.3 Å². The van der Waals surface area contributed by atoms with E-state index in [1.807, 2.05) is 0 Å². The number of anilines is 1. The van der Waals surface area contributed by atoms with E-state index in [0.717, 1.165) is 62.2 Å². The van der Waals surface area contributed by atoms with Crippen LogP contribution in [0, 0.1) is 0 Å². The Bertz CT molecular complexity index is 1030. The van der Waals surface area contributed by atoms with Gasteiger partial charge in [0.25, 0.3) is 0 Å². The monoisotopic (exact) mass is 387 g/mol. The van der Waals surface area contributed by atoms with Crippen LogP contribution < -0.4 is 4.90 Å². The Morgan fingerprint density at radius 3 is 2.55 bits per heavy atom. The molecular weight excluding hydrogens is 358 g/mol. The van der Waals surface area contributed by atoms with Crippen molar-refractivity contribution in [1.29, 1.82) is 0 Å². The normalized spacial score (nSPS) is 20.6. The van der Waals surface area contributed by atoms with E-state index >= 15 is 0 Å². The third-order valence-electron chi connectivity index (χ3n) is 7.11. The largest absolute Gasteiger partial charge is 0.357 e. The van der Waals surface area contributed by atoms with Crippen LogP contribution in [0.15, 0.2) is 36.4 Å². The zero-order valence-electron chi connectivity index (χ0n) is 17.1. The van der Waals surface area contributed by atoms with Crippen molar-refractivity contribution in [2.24, 2.45) is 0 Å². The summed E-state index contributed by atoms with van der Waals surface area (Å²) >= 11 is 0. The van der Waals surface area contributed by atoms with Gasteiger partial charge < -0.3 is 9.47 Å². The summed E-state index contributed by atoms with van der Waals surface area (Å²) in [5.74, 6) is 2.36. The molecule has 2 aliphatic heterocycles. The van der Waals surface area contributed by atoms with Crippen LogP contribution >= 0.6 is 0 Å². The quantitative estimate of drug-likeness (QED) is 0.678. The van der Waals surface area contributed by atoms with Crippen molar-refractivity contribution in [1.82, 2.24) is 19.4 Å². The minimum Gasteiger partial charge on any atom is -0.357 e. The molecule has 29 heavy (non-hydrogen) atoms. The maximum Gasteiger partial charge on any atom is 0.129 e. The van der Waals surface area contributed by atoms with Gasteiger partial charge in [-0.25, -0.2) is 9.97 Å². The van der Waals surface area contributed by atoms with E-state index < -0.39 is 0 Å². The molecule has 5 nitrogen and oxygen atoms in total. The van der Waals surface area contributed by atoms with Gasteiger partial charge in [0.15, 0.2) is 0 Å². The minimum absolute atomic E-state index is 0.825. The van der Waals surface area contributed by atoms with Gasteiger partial charge in [-0.15, -0.1) is 0 Å². The van der Waals surface area contributed by atoms with E-state index in [4.69, 9.17) is 9.97 Å². The third kappa shape index (κ3) is 3.12. The van der Waals surface area contributed by atoms with Gasteiger partial charge in [-0.3, -0.25) is 4.90 Å². The van der Waals surface area contributed by atoms with Crippen LogP contribution in [0.4, 0.5) is 5.82 Å². The van der Waals surface area contributed by atoms with Gasteiger partial charge in [0.05, 0.1) is 16.7 Å². The second-order valence-electron chi connectivity index (χ2n) is 8.83. The molecule has 1 aliphatic carbocycles. The Kier molecular flexibility index (Phi) is 4.29. The second kappa shape index (κ2) is 7.13. The number of hydrogen-bond acceptors (Lipinski definition) is 4. The van der Waals surface area contributed by atoms with Crippen LogP contribution in [0.3, 0.4) is 0 Å². The Labute approximate surface area is 172 Å². The van der Waals surface area contributed by atoms with E-state index in [1.165, 1.54) is 49.0 Å². The van der Waals surface area contributed by atoms with Crippen LogP contribution in [0.5, 0.6) is 0 Å². The summed E-state index contributed by atoms with van der Waals surface area (Å²) in [5, 5.41) is 0. The fraction of sp³-hybridized carbons (Fsp3) is 0.500. The predicted octanol–water partition coefficient (Wildman–Crippen LogP) is 4.11. The lowest BCUT2D eigenvalue weighted by atomic mass is 9.91. The summed E-state index contributed by atoms with van der Waals surface area (Å²) in [6.07, 6.45) is 7.78. The zero-order valence-corrected chi connectivity index (χ0v) is 17.1. The van der Waals surface area contributed by atoms with E-state index in [2.05, 4.69) is 50.8 Å². The van der Waals surface area contributed by atoms with Gasteiger partial charge in [0.2, 0.25) is 0 Å². The molecule has 3 aliphatic rings. The number of fused-ring (bicyclic) bond motifs is 3. The van der Waals surface area contributed by atoms with Crippen molar-refractivity contribution in [3.63, 3.8) is 0 Å². The number of rotatable bonds is 3. The Hall–Kier alpha value is -2.40. The highest BCUT2D eigenvalue weighted by atomic mass is 15.2. The van der Waals surface area contributed by atoms with Crippen LogP contribution in [-0.2, 0) is 13.0 Å². The molecule has 5 heteroatoms. The molecule has 4 heterocycles. The van der Waals surface area contributed by atoms with Gasteiger partial charge in [-0.05, 0) is 49.9 Å². The fourth-order valence-corrected chi connectivity index (χ4v) is 5.19. The maximum atomic E-state index is 5.04. The van der Waals surface area contributed by atoms with Gasteiger partial charge >= 0.3 is 0 Å². The average Bonchev–Trinajstić information content (AvgIpc) is 3.32. The highest BCUT2D eigenvalue weighted by Crippen LogP contribution is 2.29. The predicted molar refractivity (Wildman–Crippen MR) is 117 cm³/mol. The first kappa shape index (κ1) is 17.5. The Morgan fingerprint density at radius 2 is 1.72 bits per heavy atom. The summed E-state index contributed by atoms with van der Waals surface area (Å²) in [4.78, 5) is 15.1. The summed E-state index contributed by atoms with van der Waals surface area (Å²) < 4.78 is 2.45. The zero-order chi connectivity index (χ0) is 19.2.